The van der Waals surface area contributed by atoms with E-state index < -0.39 is 0 Å². The van der Waals surface area contributed by atoms with Crippen molar-refractivity contribution >= 4 is 17.0 Å². The summed E-state index contributed by atoms with van der Waals surface area (Å²) in [6, 6.07) is 14.1. The first-order chi connectivity index (χ1) is 12.1. The van der Waals surface area contributed by atoms with Crippen LogP contribution in [-0.2, 0) is 17.7 Å². The van der Waals surface area contributed by atoms with Crippen molar-refractivity contribution in [1.82, 2.24) is 9.55 Å². The zero-order valence-electron chi connectivity index (χ0n) is 15.1. The van der Waals surface area contributed by atoms with Crippen LogP contribution in [0.3, 0.4) is 0 Å². The lowest BCUT2D eigenvalue weighted by molar-refractivity contribution is 0.0526. The molecule has 3 aromatic rings. The van der Waals surface area contributed by atoms with Crippen LogP contribution in [0.2, 0.25) is 0 Å². The fourth-order valence-corrected chi connectivity index (χ4v) is 3.10. The Hall–Kier alpha value is -2.62. The number of nitrogens with zero attached hydrogens (tertiary/aromatic N) is 2. The van der Waals surface area contributed by atoms with Gasteiger partial charge in [-0.3, -0.25) is 0 Å². The summed E-state index contributed by atoms with van der Waals surface area (Å²) in [4.78, 5) is 16.9. The predicted octanol–water partition coefficient (Wildman–Crippen LogP) is 4.52. The Morgan fingerprint density at radius 3 is 2.72 bits per heavy atom. The molecule has 0 bridgehead atoms. The molecule has 0 amide bonds. The lowest BCUT2D eigenvalue weighted by Gasteiger charge is -2.10. The van der Waals surface area contributed by atoms with E-state index in [0.717, 1.165) is 36.2 Å². The van der Waals surface area contributed by atoms with Crippen molar-refractivity contribution in [2.45, 2.75) is 40.2 Å². The van der Waals surface area contributed by atoms with E-state index in [4.69, 9.17) is 9.72 Å². The highest BCUT2D eigenvalue weighted by Gasteiger charge is 2.14. The fraction of sp³-hybridized carbons (Fsp3) is 0.333. The predicted molar refractivity (Wildman–Crippen MR) is 100.0 cm³/mol. The summed E-state index contributed by atoms with van der Waals surface area (Å²) in [7, 11) is 0. The van der Waals surface area contributed by atoms with Crippen LogP contribution in [0.25, 0.3) is 11.0 Å². The molecule has 4 heteroatoms. The molecule has 0 fully saturated rings. The topological polar surface area (TPSA) is 44.1 Å². The summed E-state index contributed by atoms with van der Waals surface area (Å²) in [6.07, 6.45) is 1.94. The summed E-state index contributed by atoms with van der Waals surface area (Å²) >= 11 is 0. The third-order valence-electron chi connectivity index (χ3n) is 4.24. The molecule has 0 saturated heterocycles. The molecule has 0 unspecified atom stereocenters. The third kappa shape index (κ3) is 3.73. The van der Waals surface area contributed by atoms with Gasteiger partial charge in [-0.25, -0.2) is 9.78 Å². The molecule has 1 aromatic heterocycles. The molecule has 4 nitrogen and oxygen atoms in total. The Balaban J connectivity index is 2.07. The lowest BCUT2D eigenvalue weighted by atomic mass is 10.1. The molecule has 0 spiro atoms. The van der Waals surface area contributed by atoms with E-state index in [1.165, 1.54) is 11.1 Å². The molecule has 0 aliphatic heterocycles. The summed E-state index contributed by atoms with van der Waals surface area (Å²) < 4.78 is 7.36. The van der Waals surface area contributed by atoms with E-state index in [1.54, 1.807) is 6.07 Å². The Labute approximate surface area is 148 Å². The highest BCUT2D eigenvalue weighted by atomic mass is 16.5. The van der Waals surface area contributed by atoms with Gasteiger partial charge in [-0.05, 0) is 44.0 Å². The van der Waals surface area contributed by atoms with Gasteiger partial charge >= 0.3 is 5.97 Å². The lowest BCUT2D eigenvalue weighted by Crippen LogP contribution is -2.07. The zero-order valence-corrected chi connectivity index (χ0v) is 15.1. The second-order valence-electron chi connectivity index (χ2n) is 6.28. The third-order valence-corrected chi connectivity index (χ3v) is 4.24. The first-order valence-corrected chi connectivity index (χ1v) is 8.84. The number of fused-ring (bicyclic) bond motifs is 1. The maximum absolute atomic E-state index is 12.1. The standard InChI is InChI=1S/C21H24N2O2/c1-4-7-20-22-18-11-10-17(21(24)25-5-2)13-19(18)23(20)14-16-9-6-8-15(3)12-16/h6,8-13H,4-5,7,14H2,1-3H3. The number of hydrogen-bond donors (Lipinski definition) is 0. The number of rotatable bonds is 6. The molecular weight excluding hydrogens is 312 g/mol. The molecule has 130 valence electrons. The smallest absolute Gasteiger partial charge is 0.338 e. The molecular formula is C21H24N2O2. The molecule has 3 rings (SSSR count). The summed E-state index contributed by atoms with van der Waals surface area (Å²) in [6.45, 7) is 7.19. The van der Waals surface area contributed by atoms with Gasteiger partial charge in [-0.1, -0.05) is 36.8 Å². The normalized spacial score (nSPS) is 11.0. The van der Waals surface area contributed by atoms with Gasteiger partial charge in [0.1, 0.15) is 5.82 Å². The number of aryl methyl sites for hydroxylation is 2. The van der Waals surface area contributed by atoms with Crippen LogP contribution in [0, 0.1) is 6.92 Å². The Morgan fingerprint density at radius 1 is 1.16 bits per heavy atom. The second kappa shape index (κ2) is 7.51. The minimum absolute atomic E-state index is 0.287. The molecule has 0 aliphatic rings. The number of imidazole rings is 1. The number of ether oxygens (including phenoxy) is 1. The number of carbonyl (C=O) groups excluding carboxylic acids is 1. The van der Waals surface area contributed by atoms with Gasteiger partial charge in [0.05, 0.1) is 23.2 Å². The molecule has 2 aromatic carbocycles. The average Bonchev–Trinajstić information content (AvgIpc) is 2.92. The van der Waals surface area contributed by atoms with Crippen molar-refractivity contribution < 1.29 is 9.53 Å². The van der Waals surface area contributed by atoms with Gasteiger partial charge in [0, 0.05) is 13.0 Å². The highest BCUT2D eigenvalue weighted by molar-refractivity contribution is 5.93. The maximum atomic E-state index is 12.1. The molecule has 0 atom stereocenters. The number of carbonyl (C=O) groups is 1. The van der Waals surface area contributed by atoms with Crippen molar-refractivity contribution in [3.05, 3.63) is 65.0 Å². The first-order valence-electron chi connectivity index (χ1n) is 8.84. The van der Waals surface area contributed by atoms with Gasteiger partial charge in [0.15, 0.2) is 0 Å². The molecule has 0 saturated carbocycles. The van der Waals surface area contributed by atoms with Crippen LogP contribution < -0.4 is 0 Å². The quantitative estimate of drug-likeness (QED) is 0.622. The molecule has 0 radical (unpaired) electrons. The summed E-state index contributed by atoms with van der Waals surface area (Å²) in [5.74, 6) is 0.768. The molecule has 0 N–H and O–H groups in total. The Morgan fingerprint density at radius 2 is 2.00 bits per heavy atom. The van der Waals surface area contributed by atoms with Crippen LogP contribution in [0.1, 0.15) is 47.6 Å². The summed E-state index contributed by atoms with van der Waals surface area (Å²) in [5.41, 5.74) is 4.95. The van der Waals surface area contributed by atoms with Crippen LogP contribution >= 0.6 is 0 Å². The van der Waals surface area contributed by atoms with E-state index >= 15 is 0 Å². The minimum Gasteiger partial charge on any atom is -0.462 e. The van der Waals surface area contributed by atoms with E-state index in [-0.39, 0.29) is 5.97 Å². The van der Waals surface area contributed by atoms with E-state index in [0.29, 0.717) is 12.2 Å². The van der Waals surface area contributed by atoms with Crippen LogP contribution in [0.4, 0.5) is 0 Å². The fourth-order valence-electron chi connectivity index (χ4n) is 3.10. The van der Waals surface area contributed by atoms with E-state index in [9.17, 15) is 4.79 Å². The van der Waals surface area contributed by atoms with Crippen molar-refractivity contribution in [2.75, 3.05) is 6.61 Å². The minimum atomic E-state index is -0.287. The molecule has 1 heterocycles. The monoisotopic (exact) mass is 336 g/mol. The second-order valence-corrected chi connectivity index (χ2v) is 6.28. The Kier molecular flexibility index (Phi) is 5.17. The molecule has 25 heavy (non-hydrogen) atoms. The van der Waals surface area contributed by atoms with Crippen LogP contribution in [0.5, 0.6) is 0 Å². The van der Waals surface area contributed by atoms with Crippen molar-refractivity contribution in [1.29, 1.82) is 0 Å². The van der Waals surface area contributed by atoms with Crippen molar-refractivity contribution in [3.8, 4) is 0 Å². The number of benzene rings is 2. The van der Waals surface area contributed by atoms with Crippen LogP contribution in [0.15, 0.2) is 42.5 Å². The van der Waals surface area contributed by atoms with Gasteiger partial charge < -0.3 is 9.30 Å². The van der Waals surface area contributed by atoms with Crippen LogP contribution in [-0.4, -0.2) is 22.1 Å². The highest BCUT2D eigenvalue weighted by Crippen LogP contribution is 2.21. The SMILES string of the molecule is CCCc1nc2ccc(C(=O)OCC)cc2n1Cc1cccc(C)c1. The summed E-state index contributed by atoms with van der Waals surface area (Å²) in [5, 5.41) is 0. The van der Waals surface area contributed by atoms with E-state index in [2.05, 4.69) is 42.7 Å². The first kappa shape index (κ1) is 17.2. The van der Waals surface area contributed by atoms with Gasteiger partial charge in [0.2, 0.25) is 0 Å². The largest absolute Gasteiger partial charge is 0.462 e. The number of hydrogen-bond acceptors (Lipinski definition) is 3. The van der Waals surface area contributed by atoms with Crippen molar-refractivity contribution in [2.24, 2.45) is 0 Å². The number of esters is 1. The van der Waals surface area contributed by atoms with Crippen molar-refractivity contribution in [3.63, 3.8) is 0 Å². The van der Waals surface area contributed by atoms with Gasteiger partial charge in [-0.2, -0.15) is 0 Å². The zero-order chi connectivity index (χ0) is 17.8. The maximum Gasteiger partial charge on any atom is 0.338 e. The van der Waals surface area contributed by atoms with Gasteiger partial charge in [0.25, 0.3) is 0 Å². The Bertz CT molecular complexity index is 896. The average molecular weight is 336 g/mol. The number of aromatic nitrogens is 2. The molecule has 0 aliphatic carbocycles. The van der Waals surface area contributed by atoms with Gasteiger partial charge in [-0.15, -0.1) is 0 Å². The van der Waals surface area contributed by atoms with E-state index in [1.807, 2.05) is 19.1 Å².